The molecule has 1 heteroatoms. The topological polar surface area (TPSA) is 3.24 Å². The van der Waals surface area contributed by atoms with Crippen molar-refractivity contribution in [2.45, 2.75) is 79.3 Å². The molecule has 1 aliphatic rings. The Labute approximate surface area is 97.2 Å². The van der Waals surface area contributed by atoms with Crippen LogP contribution in [0.3, 0.4) is 0 Å². The Morgan fingerprint density at radius 1 is 1.07 bits per heavy atom. The molecular formula is C14H31N. The lowest BCUT2D eigenvalue weighted by Crippen LogP contribution is -2.60. The maximum absolute atomic E-state index is 2.71. The molecule has 0 radical (unpaired) electrons. The van der Waals surface area contributed by atoms with Gasteiger partial charge in [0.05, 0.1) is 0 Å². The third kappa shape index (κ3) is 3.21. The maximum Gasteiger partial charge on any atom is 0.0161 e. The maximum atomic E-state index is 2.71. The summed E-state index contributed by atoms with van der Waals surface area (Å²) in [4.78, 5) is 2.71. The summed E-state index contributed by atoms with van der Waals surface area (Å²) in [6, 6.07) is 0. The van der Waals surface area contributed by atoms with Gasteiger partial charge in [-0.05, 0) is 59.4 Å². The predicted octanol–water partition coefficient (Wildman–Crippen LogP) is 4.32. The second kappa shape index (κ2) is 4.86. The van der Waals surface area contributed by atoms with Crippen molar-refractivity contribution in [3.05, 3.63) is 0 Å². The number of hydrogen-bond acceptors (Lipinski definition) is 1. The van der Waals surface area contributed by atoms with E-state index in [-0.39, 0.29) is 7.43 Å². The fourth-order valence-electron chi connectivity index (χ4n) is 3.65. The van der Waals surface area contributed by atoms with Crippen LogP contribution in [-0.4, -0.2) is 22.5 Å². The smallest absolute Gasteiger partial charge is 0.0161 e. The molecule has 1 fully saturated rings. The first-order chi connectivity index (χ1) is 6.29. The molecule has 0 aliphatic carbocycles. The molecule has 0 saturated carbocycles. The molecule has 0 atom stereocenters. The van der Waals surface area contributed by atoms with E-state index < -0.39 is 0 Å². The monoisotopic (exact) mass is 213 g/mol. The highest BCUT2D eigenvalue weighted by Crippen LogP contribution is 2.40. The van der Waals surface area contributed by atoms with Crippen molar-refractivity contribution in [2.24, 2.45) is 5.92 Å². The zero-order valence-corrected chi connectivity index (χ0v) is 10.9. The van der Waals surface area contributed by atoms with E-state index in [0.29, 0.717) is 11.1 Å². The van der Waals surface area contributed by atoms with Crippen molar-refractivity contribution in [1.29, 1.82) is 0 Å². The Bertz CT molecular complexity index is 176. The highest BCUT2D eigenvalue weighted by molar-refractivity contribution is 4.98. The summed E-state index contributed by atoms with van der Waals surface area (Å²) in [6.07, 6.45) is 3.95. The van der Waals surface area contributed by atoms with Gasteiger partial charge in [0, 0.05) is 11.1 Å². The Hall–Kier alpha value is -0.0400. The molecule has 0 amide bonds. The zero-order valence-electron chi connectivity index (χ0n) is 10.9. The summed E-state index contributed by atoms with van der Waals surface area (Å²) in [6.45, 7) is 15.5. The lowest BCUT2D eigenvalue weighted by molar-refractivity contribution is -0.0473. The van der Waals surface area contributed by atoms with Crippen molar-refractivity contribution in [3.63, 3.8) is 0 Å². The van der Waals surface area contributed by atoms with E-state index in [0.717, 1.165) is 5.92 Å². The van der Waals surface area contributed by atoms with Crippen LogP contribution in [0, 0.1) is 5.92 Å². The van der Waals surface area contributed by atoms with Gasteiger partial charge in [-0.15, -0.1) is 0 Å². The minimum atomic E-state index is 0. The van der Waals surface area contributed by atoms with Crippen LogP contribution in [0.4, 0.5) is 0 Å². The van der Waals surface area contributed by atoms with Gasteiger partial charge < -0.3 is 0 Å². The molecule has 0 unspecified atom stereocenters. The van der Waals surface area contributed by atoms with Crippen LogP contribution >= 0.6 is 0 Å². The summed E-state index contributed by atoms with van der Waals surface area (Å²) in [5.41, 5.74) is 0.772. The van der Waals surface area contributed by atoms with Crippen molar-refractivity contribution < 1.29 is 0 Å². The Morgan fingerprint density at radius 2 is 1.47 bits per heavy atom. The molecule has 92 valence electrons. The summed E-state index contributed by atoms with van der Waals surface area (Å²) in [5, 5.41) is 0. The third-order valence-corrected chi connectivity index (χ3v) is 3.60. The standard InChI is InChI=1S/C13H27N.CH4/c1-7-8-14-12(3,4)9-11(2)10-13(14,5)6;/h11H,7-10H2,1-6H3;1H4. The SMILES string of the molecule is C.CCCN1C(C)(C)CC(C)CC1(C)C. The minimum Gasteiger partial charge on any atom is -0.293 e. The van der Waals surface area contributed by atoms with Crippen LogP contribution in [0.5, 0.6) is 0 Å². The molecule has 0 spiro atoms. The van der Waals surface area contributed by atoms with Gasteiger partial charge >= 0.3 is 0 Å². The summed E-state index contributed by atoms with van der Waals surface area (Å²) in [7, 11) is 0. The molecule has 1 saturated heterocycles. The molecule has 0 N–H and O–H groups in total. The average Bonchev–Trinajstić information content (AvgIpc) is 1.94. The van der Waals surface area contributed by atoms with Crippen molar-refractivity contribution in [3.8, 4) is 0 Å². The quantitative estimate of drug-likeness (QED) is 0.660. The lowest BCUT2D eigenvalue weighted by atomic mass is 9.74. The van der Waals surface area contributed by atoms with Gasteiger partial charge in [0.15, 0.2) is 0 Å². The molecule has 0 aromatic heterocycles. The van der Waals surface area contributed by atoms with E-state index in [4.69, 9.17) is 0 Å². The molecular weight excluding hydrogens is 182 g/mol. The molecule has 0 aromatic rings. The second-order valence-corrected chi connectivity index (χ2v) is 6.29. The summed E-state index contributed by atoms with van der Waals surface area (Å²) in [5.74, 6) is 0.869. The molecule has 0 bridgehead atoms. The molecule has 0 aromatic carbocycles. The Kier molecular flexibility index (Phi) is 4.85. The highest BCUT2D eigenvalue weighted by atomic mass is 15.3. The van der Waals surface area contributed by atoms with Crippen LogP contribution in [0.25, 0.3) is 0 Å². The van der Waals surface area contributed by atoms with Crippen molar-refractivity contribution in [2.75, 3.05) is 6.54 Å². The molecule has 1 nitrogen and oxygen atoms in total. The van der Waals surface area contributed by atoms with Crippen molar-refractivity contribution in [1.82, 2.24) is 4.90 Å². The van der Waals surface area contributed by atoms with E-state index >= 15 is 0 Å². The van der Waals surface area contributed by atoms with Crippen LogP contribution < -0.4 is 0 Å². The van der Waals surface area contributed by atoms with E-state index in [9.17, 15) is 0 Å². The van der Waals surface area contributed by atoms with Crippen LogP contribution in [0.15, 0.2) is 0 Å². The Morgan fingerprint density at radius 3 is 1.80 bits per heavy atom. The van der Waals surface area contributed by atoms with E-state index in [1.54, 1.807) is 0 Å². The van der Waals surface area contributed by atoms with Crippen LogP contribution in [0.2, 0.25) is 0 Å². The normalized spacial score (nSPS) is 26.0. The number of nitrogens with zero attached hydrogens (tertiary/aromatic N) is 1. The van der Waals surface area contributed by atoms with Gasteiger partial charge in [-0.2, -0.15) is 0 Å². The Balaban J connectivity index is 0.00000196. The lowest BCUT2D eigenvalue weighted by Gasteiger charge is -2.55. The zero-order chi connectivity index (χ0) is 11.0. The predicted molar refractivity (Wildman–Crippen MR) is 70.3 cm³/mol. The van der Waals surface area contributed by atoms with Gasteiger partial charge in [0.25, 0.3) is 0 Å². The number of likely N-dealkylation sites (tertiary alicyclic amines) is 1. The van der Waals surface area contributed by atoms with Crippen LogP contribution in [0.1, 0.15) is 68.2 Å². The fourth-order valence-corrected chi connectivity index (χ4v) is 3.65. The molecule has 15 heavy (non-hydrogen) atoms. The number of hydrogen-bond donors (Lipinski definition) is 0. The average molecular weight is 213 g/mol. The first kappa shape index (κ1) is 15.0. The number of rotatable bonds is 2. The first-order valence-corrected chi connectivity index (χ1v) is 6.07. The molecule has 1 rings (SSSR count). The van der Waals surface area contributed by atoms with Gasteiger partial charge in [-0.3, -0.25) is 4.90 Å². The summed E-state index contributed by atoms with van der Waals surface area (Å²) < 4.78 is 0. The largest absolute Gasteiger partial charge is 0.293 e. The molecule has 1 aliphatic heterocycles. The third-order valence-electron chi connectivity index (χ3n) is 3.60. The van der Waals surface area contributed by atoms with Crippen molar-refractivity contribution >= 4 is 0 Å². The first-order valence-electron chi connectivity index (χ1n) is 6.07. The fraction of sp³-hybridized carbons (Fsp3) is 1.00. The molecule has 1 heterocycles. The van der Waals surface area contributed by atoms with Gasteiger partial charge in [0.2, 0.25) is 0 Å². The minimum absolute atomic E-state index is 0. The summed E-state index contributed by atoms with van der Waals surface area (Å²) >= 11 is 0. The highest BCUT2D eigenvalue weighted by Gasteiger charge is 2.42. The second-order valence-electron chi connectivity index (χ2n) is 6.29. The van der Waals surface area contributed by atoms with E-state index in [1.165, 1.54) is 25.8 Å². The van der Waals surface area contributed by atoms with Gasteiger partial charge in [0.1, 0.15) is 0 Å². The van der Waals surface area contributed by atoms with Gasteiger partial charge in [-0.1, -0.05) is 21.3 Å². The van der Waals surface area contributed by atoms with Gasteiger partial charge in [-0.25, -0.2) is 0 Å². The van der Waals surface area contributed by atoms with E-state index in [1.807, 2.05) is 0 Å². The van der Waals surface area contributed by atoms with Crippen LogP contribution in [-0.2, 0) is 0 Å². The van der Waals surface area contributed by atoms with E-state index in [2.05, 4.69) is 46.4 Å². The number of piperidine rings is 1.